The Hall–Kier alpha value is -2.23. The van der Waals surface area contributed by atoms with Crippen molar-refractivity contribution in [3.8, 4) is 11.1 Å². The fraction of sp³-hybridized carbons (Fsp3) is 0.154. The summed E-state index contributed by atoms with van der Waals surface area (Å²) in [5.41, 5.74) is 8.93. The van der Waals surface area contributed by atoms with E-state index in [1.807, 2.05) is 19.1 Å². The Kier molecular flexibility index (Phi) is 2.87. The zero-order chi connectivity index (χ0) is 12.4. The Morgan fingerprint density at radius 1 is 1.24 bits per heavy atom. The third kappa shape index (κ3) is 2.30. The van der Waals surface area contributed by atoms with Gasteiger partial charge < -0.3 is 5.73 Å². The van der Waals surface area contributed by atoms with Crippen molar-refractivity contribution < 1.29 is 4.79 Å². The van der Waals surface area contributed by atoms with E-state index in [2.05, 4.69) is 9.97 Å². The number of rotatable bonds is 2. The predicted molar refractivity (Wildman–Crippen MR) is 66.6 cm³/mol. The fourth-order valence-electron chi connectivity index (χ4n) is 1.65. The van der Waals surface area contributed by atoms with Crippen molar-refractivity contribution in [2.75, 3.05) is 5.73 Å². The van der Waals surface area contributed by atoms with Crippen LogP contribution in [0, 0.1) is 6.92 Å². The Labute approximate surface area is 99.5 Å². The van der Waals surface area contributed by atoms with E-state index in [1.165, 1.54) is 0 Å². The van der Waals surface area contributed by atoms with Gasteiger partial charge in [0.2, 0.25) is 5.95 Å². The molecule has 0 spiro atoms. The number of benzene rings is 1. The predicted octanol–water partition coefficient (Wildman–Crippen LogP) is 2.24. The second kappa shape index (κ2) is 4.33. The summed E-state index contributed by atoms with van der Waals surface area (Å²) in [6.07, 6.45) is 1.69. The number of nitrogens with zero attached hydrogens (tertiary/aromatic N) is 2. The molecule has 1 heterocycles. The third-order valence-electron chi connectivity index (χ3n) is 2.60. The highest BCUT2D eigenvalue weighted by Crippen LogP contribution is 2.22. The van der Waals surface area contributed by atoms with E-state index in [1.54, 1.807) is 25.3 Å². The van der Waals surface area contributed by atoms with Gasteiger partial charge in [-0.15, -0.1) is 0 Å². The second-order valence-electron chi connectivity index (χ2n) is 3.86. The van der Waals surface area contributed by atoms with Crippen LogP contribution in [0.1, 0.15) is 23.0 Å². The summed E-state index contributed by atoms with van der Waals surface area (Å²) >= 11 is 0. The van der Waals surface area contributed by atoms with E-state index >= 15 is 0 Å². The lowest BCUT2D eigenvalue weighted by Gasteiger charge is -2.05. The molecule has 1 aromatic carbocycles. The van der Waals surface area contributed by atoms with Crippen molar-refractivity contribution in [1.29, 1.82) is 0 Å². The molecule has 0 bridgehead atoms. The molecular formula is C13H13N3O. The smallest absolute Gasteiger partial charge is 0.220 e. The molecule has 4 nitrogen and oxygen atoms in total. The fourth-order valence-corrected chi connectivity index (χ4v) is 1.65. The van der Waals surface area contributed by atoms with E-state index in [0.29, 0.717) is 5.56 Å². The van der Waals surface area contributed by atoms with E-state index in [9.17, 15) is 4.79 Å². The minimum atomic E-state index is 0.0572. The van der Waals surface area contributed by atoms with Gasteiger partial charge >= 0.3 is 0 Å². The topological polar surface area (TPSA) is 68.9 Å². The SMILES string of the molecule is CC(=O)c1ccc(-c2cnc(N)nc2C)cc1. The molecule has 0 saturated heterocycles. The lowest BCUT2D eigenvalue weighted by molar-refractivity contribution is 0.101. The highest BCUT2D eigenvalue weighted by Gasteiger charge is 2.05. The largest absolute Gasteiger partial charge is 0.368 e. The van der Waals surface area contributed by atoms with E-state index in [0.717, 1.165) is 16.8 Å². The van der Waals surface area contributed by atoms with Gasteiger partial charge in [-0.2, -0.15) is 0 Å². The number of carbonyl (C=O) groups is 1. The zero-order valence-corrected chi connectivity index (χ0v) is 9.77. The van der Waals surface area contributed by atoms with Crippen molar-refractivity contribution in [2.45, 2.75) is 13.8 Å². The number of Topliss-reactive ketones (excluding diaryl/α,β-unsaturated/α-hetero) is 1. The number of ketones is 1. The maximum Gasteiger partial charge on any atom is 0.220 e. The average Bonchev–Trinajstić information content (AvgIpc) is 2.29. The molecule has 0 atom stereocenters. The van der Waals surface area contributed by atoms with Crippen molar-refractivity contribution in [1.82, 2.24) is 9.97 Å². The van der Waals surface area contributed by atoms with Crippen LogP contribution in [0.4, 0.5) is 5.95 Å². The van der Waals surface area contributed by atoms with Gasteiger partial charge in [-0.05, 0) is 19.4 Å². The Morgan fingerprint density at radius 2 is 1.88 bits per heavy atom. The van der Waals surface area contributed by atoms with Gasteiger partial charge in [0.1, 0.15) is 0 Å². The first-order chi connectivity index (χ1) is 8.08. The molecule has 0 aliphatic heterocycles. The van der Waals surface area contributed by atoms with Gasteiger partial charge in [0.25, 0.3) is 0 Å². The number of aromatic nitrogens is 2. The quantitative estimate of drug-likeness (QED) is 0.799. The van der Waals surface area contributed by atoms with Gasteiger partial charge in [-0.1, -0.05) is 24.3 Å². The van der Waals surface area contributed by atoms with E-state index in [-0.39, 0.29) is 11.7 Å². The highest BCUT2D eigenvalue weighted by atomic mass is 16.1. The molecule has 17 heavy (non-hydrogen) atoms. The van der Waals surface area contributed by atoms with Crippen LogP contribution >= 0.6 is 0 Å². The maximum absolute atomic E-state index is 11.2. The standard InChI is InChI=1S/C13H13N3O/c1-8-12(7-15-13(14)16-8)11-5-3-10(4-6-11)9(2)17/h3-7H,1-2H3,(H2,14,15,16). The number of aryl methyl sites for hydroxylation is 1. The summed E-state index contributed by atoms with van der Waals surface area (Å²) in [7, 11) is 0. The maximum atomic E-state index is 11.2. The summed E-state index contributed by atoms with van der Waals surface area (Å²) in [5, 5.41) is 0. The summed E-state index contributed by atoms with van der Waals surface area (Å²) in [5.74, 6) is 0.327. The van der Waals surface area contributed by atoms with Crippen LogP contribution in [0.3, 0.4) is 0 Å². The monoisotopic (exact) mass is 227 g/mol. The van der Waals surface area contributed by atoms with Gasteiger partial charge in [0.15, 0.2) is 5.78 Å². The molecule has 0 fully saturated rings. The first-order valence-corrected chi connectivity index (χ1v) is 5.28. The number of nitrogens with two attached hydrogens (primary N) is 1. The summed E-state index contributed by atoms with van der Waals surface area (Å²) in [6.45, 7) is 3.43. The van der Waals surface area contributed by atoms with Crippen LogP contribution in [0.5, 0.6) is 0 Å². The highest BCUT2D eigenvalue weighted by molar-refractivity contribution is 5.94. The van der Waals surface area contributed by atoms with Crippen LogP contribution in [-0.2, 0) is 0 Å². The first kappa shape index (κ1) is 11.3. The minimum Gasteiger partial charge on any atom is -0.368 e. The Balaban J connectivity index is 2.43. The molecule has 2 N–H and O–H groups in total. The molecule has 0 saturated carbocycles. The summed E-state index contributed by atoms with van der Waals surface area (Å²) < 4.78 is 0. The molecule has 2 aromatic rings. The molecule has 0 amide bonds. The molecule has 4 heteroatoms. The van der Waals surface area contributed by atoms with Crippen LogP contribution in [0.2, 0.25) is 0 Å². The van der Waals surface area contributed by atoms with Crippen LogP contribution in [0.15, 0.2) is 30.5 Å². The lowest BCUT2D eigenvalue weighted by atomic mass is 10.0. The van der Waals surface area contributed by atoms with Crippen molar-refractivity contribution in [2.24, 2.45) is 0 Å². The molecule has 1 aromatic heterocycles. The molecule has 86 valence electrons. The third-order valence-corrected chi connectivity index (χ3v) is 2.60. The first-order valence-electron chi connectivity index (χ1n) is 5.28. The van der Waals surface area contributed by atoms with Crippen molar-refractivity contribution in [3.63, 3.8) is 0 Å². The molecule has 0 aliphatic carbocycles. The normalized spacial score (nSPS) is 10.2. The molecule has 0 radical (unpaired) electrons. The number of anilines is 1. The number of carbonyl (C=O) groups excluding carboxylic acids is 1. The lowest BCUT2D eigenvalue weighted by Crippen LogP contribution is -1.98. The van der Waals surface area contributed by atoms with Crippen molar-refractivity contribution in [3.05, 3.63) is 41.7 Å². The summed E-state index contributed by atoms with van der Waals surface area (Å²) in [4.78, 5) is 19.2. The average molecular weight is 227 g/mol. The molecule has 0 aliphatic rings. The summed E-state index contributed by atoms with van der Waals surface area (Å²) in [6, 6.07) is 7.37. The Bertz CT molecular complexity index is 561. The zero-order valence-electron chi connectivity index (χ0n) is 9.77. The van der Waals surface area contributed by atoms with Crippen LogP contribution in [-0.4, -0.2) is 15.8 Å². The second-order valence-corrected chi connectivity index (χ2v) is 3.86. The molecule has 0 unspecified atom stereocenters. The number of hydrogen-bond donors (Lipinski definition) is 1. The molecule has 2 rings (SSSR count). The minimum absolute atomic E-state index is 0.0572. The van der Waals surface area contributed by atoms with E-state index in [4.69, 9.17) is 5.73 Å². The van der Waals surface area contributed by atoms with Crippen molar-refractivity contribution >= 4 is 11.7 Å². The van der Waals surface area contributed by atoms with Gasteiger partial charge in [0.05, 0.1) is 5.69 Å². The van der Waals surface area contributed by atoms with E-state index < -0.39 is 0 Å². The van der Waals surface area contributed by atoms with Crippen LogP contribution in [0.25, 0.3) is 11.1 Å². The number of nitrogen functional groups attached to an aromatic ring is 1. The Morgan fingerprint density at radius 3 is 2.41 bits per heavy atom. The van der Waals surface area contributed by atoms with Gasteiger partial charge in [-0.3, -0.25) is 4.79 Å². The van der Waals surface area contributed by atoms with Crippen LogP contribution < -0.4 is 5.73 Å². The van der Waals surface area contributed by atoms with Gasteiger partial charge in [-0.25, -0.2) is 9.97 Å². The molecular weight excluding hydrogens is 214 g/mol. The number of hydrogen-bond acceptors (Lipinski definition) is 4. The van der Waals surface area contributed by atoms with Gasteiger partial charge in [0, 0.05) is 17.3 Å².